The van der Waals surface area contributed by atoms with Gasteiger partial charge in [-0.25, -0.2) is 0 Å². The van der Waals surface area contributed by atoms with Gasteiger partial charge in [-0.1, -0.05) is 70.0 Å². The topological polar surface area (TPSA) is 44.6 Å². The zero-order valence-corrected chi connectivity index (χ0v) is 16.8. The van der Waals surface area contributed by atoms with Gasteiger partial charge in [0.25, 0.3) is 0 Å². The number of rotatable bonds is 3. The zero-order valence-electron chi connectivity index (χ0n) is 14.4. The lowest BCUT2D eigenvalue weighted by molar-refractivity contribution is 0.413. The minimum absolute atomic E-state index is 0.0432. The second kappa shape index (κ2) is 7.85. The van der Waals surface area contributed by atoms with Crippen molar-refractivity contribution in [3.63, 3.8) is 0 Å². The molecule has 0 amide bonds. The average molecular weight is 442 g/mol. The summed E-state index contributed by atoms with van der Waals surface area (Å²) in [6.07, 6.45) is 0.479. The Hall–Kier alpha value is -2.14. The Kier molecular flexibility index (Phi) is 5.30. The van der Waals surface area contributed by atoms with E-state index in [1.54, 1.807) is 6.07 Å². The fourth-order valence-electron chi connectivity index (χ4n) is 3.35. The smallest absolute Gasteiger partial charge is 0.126 e. The Balaban J connectivity index is 1.76. The Labute approximate surface area is 171 Å². The normalized spacial score (nSPS) is 19.6. The van der Waals surface area contributed by atoms with Crippen molar-refractivity contribution in [3.8, 4) is 5.75 Å². The molecule has 0 bridgehead atoms. The third-order valence-corrected chi connectivity index (χ3v) is 5.44. The fourth-order valence-corrected chi connectivity index (χ4v) is 3.87. The van der Waals surface area contributed by atoms with Crippen molar-refractivity contribution in [2.45, 2.75) is 18.6 Å². The quantitative estimate of drug-likeness (QED) is 0.521. The molecule has 0 saturated carbocycles. The molecule has 3 aromatic carbocycles. The lowest BCUT2D eigenvalue weighted by Crippen LogP contribution is -2.33. The van der Waals surface area contributed by atoms with Gasteiger partial charge < -0.3 is 5.11 Å². The molecule has 136 valence electrons. The summed E-state index contributed by atoms with van der Waals surface area (Å²) in [5.41, 5.74) is 3.99. The van der Waals surface area contributed by atoms with E-state index >= 15 is 0 Å². The summed E-state index contributed by atoms with van der Waals surface area (Å²) in [5, 5.41) is 14.6. The number of nitrogens with zero attached hydrogens (tertiary/aromatic N) is 1. The third kappa shape index (κ3) is 4.08. The van der Waals surface area contributed by atoms with E-state index in [4.69, 9.17) is 16.6 Å². The van der Waals surface area contributed by atoms with E-state index in [0.29, 0.717) is 17.2 Å². The third-order valence-electron chi connectivity index (χ3n) is 4.70. The maximum Gasteiger partial charge on any atom is 0.126 e. The summed E-state index contributed by atoms with van der Waals surface area (Å²) >= 11 is 9.59. The first kappa shape index (κ1) is 18.2. The molecule has 4 rings (SSSR count). The maximum atomic E-state index is 10.4. The number of hydrogen-bond acceptors (Lipinski definition) is 3. The molecular formula is C22H18BrClN2O. The first-order chi connectivity index (χ1) is 13.1. The molecule has 27 heavy (non-hydrogen) atoms. The highest BCUT2D eigenvalue weighted by atomic mass is 79.9. The Morgan fingerprint density at radius 1 is 1.00 bits per heavy atom. The molecular weight excluding hydrogens is 424 g/mol. The SMILES string of the molecule is Oc1ccccc1[C@H]1CC(c2cccc(Br)c2)=N[C@@H](c2ccc(Cl)cc2)N1. The maximum absolute atomic E-state index is 10.4. The molecule has 5 heteroatoms. The van der Waals surface area contributed by atoms with Crippen molar-refractivity contribution in [2.24, 2.45) is 4.99 Å². The summed E-state index contributed by atoms with van der Waals surface area (Å²) in [7, 11) is 0. The standard InChI is InChI=1S/C22H18BrClN2O/c23-16-5-3-4-15(12-16)19-13-20(18-6-1-2-7-21(18)27)26-22(25-19)14-8-10-17(24)11-9-14/h1-12,20,22,26-27H,13H2/t20-,22-/m1/s1. The highest BCUT2D eigenvalue weighted by Crippen LogP contribution is 2.34. The number of halogens is 2. The van der Waals surface area contributed by atoms with Gasteiger partial charge in [-0.2, -0.15) is 0 Å². The van der Waals surface area contributed by atoms with Crippen molar-refractivity contribution < 1.29 is 5.11 Å². The van der Waals surface area contributed by atoms with Gasteiger partial charge in [-0.3, -0.25) is 10.3 Å². The van der Waals surface area contributed by atoms with E-state index in [2.05, 4.69) is 33.4 Å². The molecule has 0 aliphatic carbocycles. The second-order valence-electron chi connectivity index (χ2n) is 6.52. The van der Waals surface area contributed by atoms with Gasteiger partial charge in [0.1, 0.15) is 11.9 Å². The molecule has 2 atom stereocenters. The largest absolute Gasteiger partial charge is 0.508 e. The van der Waals surface area contributed by atoms with Crippen LogP contribution >= 0.6 is 27.5 Å². The first-order valence-electron chi connectivity index (χ1n) is 8.72. The molecule has 1 heterocycles. The summed E-state index contributed by atoms with van der Waals surface area (Å²) in [6, 6.07) is 23.3. The molecule has 0 radical (unpaired) electrons. The van der Waals surface area contributed by atoms with Crippen LogP contribution in [0.1, 0.15) is 35.3 Å². The number of para-hydroxylation sites is 1. The molecule has 3 aromatic rings. The molecule has 1 aliphatic rings. The summed E-state index contributed by atoms with van der Waals surface area (Å²) < 4.78 is 1.02. The molecule has 1 aliphatic heterocycles. The summed E-state index contributed by atoms with van der Waals surface area (Å²) in [4.78, 5) is 4.96. The van der Waals surface area contributed by atoms with Crippen LogP contribution in [0.5, 0.6) is 5.75 Å². The molecule has 0 aromatic heterocycles. The van der Waals surface area contributed by atoms with E-state index in [-0.39, 0.29) is 12.2 Å². The second-order valence-corrected chi connectivity index (χ2v) is 7.87. The van der Waals surface area contributed by atoms with Gasteiger partial charge in [-0.15, -0.1) is 0 Å². The number of aliphatic imine (C=N–C) groups is 1. The van der Waals surface area contributed by atoms with E-state index in [0.717, 1.165) is 26.9 Å². The number of benzene rings is 3. The van der Waals surface area contributed by atoms with Crippen LogP contribution in [-0.4, -0.2) is 10.8 Å². The highest BCUT2D eigenvalue weighted by molar-refractivity contribution is 9.10. The molecule has 0 fully saturated rings. The van der Waals surface area contributed by atoms with Crippen LogP contribution in [0.2, 0.25) is 5.02 Å². The Morgan fingerprint density at radius 3 is 2.52 bits per heavy atom. The van der Waals surface area contributed by atoms with E-state index in [1.807, 2.05) is 54.6 Å². The highest BCUT2D eigenvalue weighted by Gasteiger charge is 2.27. The molecule has 0 spiro atoms. The van der Waals surface area contributed by atoms with Crippen LogP contribution in [0.3, 0.4) is 0 Å². The van der Waals surface area contributed by atoms with Crippen LogP contribution < -0.4 is 5.32 Å². The molecule has 0 saturated heterocycles. The lowest BCUT2D eigenvalue weighted by atomic mass is 9.93. The fraction of sp³-hybridized carbons (Fsp3) is 0.136. The van der Waals surface area contributed by atoms with Gasteiger partial charge in [0.15, 0.2) is 0 Å². The van der Waals surface area contributed by atoms with Gasteiger partial charge in [-0.05, 0) is 41.5 Å². The first-order valence-corrected chi connectivity index (χ1v) is 9.89. The predicted octanol–water partition coefficient (Wildman–Crippen LogP) is 6.03. The zero-order chi connectivity index (χ0) is 18.8. The van der Waals surface area contributed by atoms with Crippen LogP contribution in [0, 0.1) is 0 Å². The Morgan fingerprint density at radius 2 is 1.78 bits per heavy atom. The van der Waals surface area contributed by atoms with E-state index in [1.165, 1.54) is 0 Å². The van der Waals surface area contributed by atoms with Gasteiger partial charge in [0.2, 0.25) is 0 Å². The van der Waals surface area contributed by atoms with Crippen LogP contribution in [0.4, 0.5) is 0 Å². The van der Waals surface area contributed by atoms with Crippen molar-refractivity contribution in [3.05, 3.63) is 99.0 Å². The van der Waals surface area contributed by atoms with E-state index in [9.17, 15) is 5.11 Å². The van der Waals surface area contributed by atoms with Crippen molar-refractivity contribution in [1.82, 2.24) is 5.32 Å². The predicted molar refractivity (Wildman–Crippen MR) is 113 cm³/mol. The number of nitrogens with one attached hydrogen (secondary N) is 1. The average Bonchev–Trinajstić information content (AvgIpc) is 2.68. The number of aromatic hydroxyl groups is 1. The van der Waals surface area contributed by atoms with E-state index < -0.39 is 0 Å². The monoisotopic (exact) mass is 440 g/mol. The lowest BCUT2D eigenvalue weighted by Gasteiger charge is -2.31. The van der Waals surface area contributed by atoms with Gasteiger partial charge >= 0.3 is 0 Å². The number of hydrogen-bond donors (Lipinski definition) is 2. The van der Waals surface area contributed by atoms with Crippen molar-refractivity contribution in [1.29, 1.82) is 0 Å². The molecule has 0 unspecified atom stereocenters. The minimum atomic E-state index is -0.213. The van der Waals surface area contributed by atoms with Crippen LogP contribution in [0.25, 0.3) is 0 Å². The molecule has 2 N–H and O–H groups in total. The summed E-state index contributed by atoms with van der Waals surface area (Å²) in [5.74, 6) is 0.292. The van der Waals surface area contributed by atoms with Crippen LogP contribution in [0.15, 0.2) is 82.3 Å². The van der Waals surface area contributed by atoms with Gasteiger partial charge in [0.05, 0.1) is 0 Å². The number of phenols is 1. The minimum Gasteiger partial charge on any atom is -0.508 e. The summed E-state index contributed by atoms with van der Waals surface area (Å²) in [6.45, 7) is 0. The van der Waals surface area contributed by atoms with Crippen molar-refractivity contribution >= 4 is 33.2 Å². The van der Waals surface area contributed by atoms with Crippen molar-refractivity contribution in [2.75, 3.05) is 0 Å². The van der Waals surface area contributed by atoms with Gasteiger partial charge in [0, 0.05) is 33.2 Å². The number of phenolic OH excluding ortho intramolecular Hbond substituents is 1. The van der Waals surface area contributed by atoms with Crippen LogP contribution in [-0.2, 0) is 0 Å². The Bertz CT molecular complexity index is 988. The molecule has 3 nitrogen and oxygen atoms in total.